The summed E-state index contributed by atoms with van der Waals surface area (Å²) in [6.07, 6.45) is 0.813. The van der Waals surface area contributed by atoms with Gasteiger partial charge in [0.25, 0.3) is 5.91 Å². The Hall–Kier alpha value is -1.82. The number of carbonyl (C=O) groups excluding carboxylic acids is 1. The van der Waals surface area contributed by atoms with Crippen molar-refractivity contribution in [2.24, 2.45) is 0 Å². The molecule has 6 heteroatoms. The van der Waals surface area contributed by atoms with Crippen molar-refractivity contribution in [2.75, 3.05) is 0 Å². The minimum Gasteiger partial charge on any atom is -0.344 e. The highest BCUT2D eigenvalue weighted by atomic mass is 32.1. The molecule has 0 radical (unpaired) electrons. The molecule has 1 N–H and O–H groups in total. The Bertz CT molecular complexity index is 607. The lowest BCUT2D eigenvalue weighted by Gasteiger charge is -2.12. The van der Waals surface area contributed by atoms with Gasteiger partial charge in [0.15, 0.2) is 0 Å². The Morgan fingerprint density at radius 1 is 1.40 bits per heavy atom. The second-order valence-corrected chi connectivity index (χ2v) is 5.25. The summed E-state index contributed by atoms with van der Waals surface area (Å²) in [5.74, 6) is -2.52. The number of aryl methyl sites for hydroxylation is 1. The summed E-state index contributed by atoms with van der Waals surface area (Å²) in [4.78, 5) is 16.3. The molecule has 1 atom stereocenters. The van der Waals surface area contributed by atoms with Gasteiger partial charge in [0, 0.05) is 5.38 Å². The van der Waals surface area contributed by atoms with Gasteiger partial charge in [-0.25, -0.2) is 13.8 Å². The van der Waals surface area contributed by atoms with E-state index in [1.807, 2.05) is 12.3 Å². The minimum atomic E-state index is -0.873. The molecule has 20 heavy (non-hydrogen) atoms. The van der Waals surface area contributed by atoms with Crippen molar-refractivity contribution in [1.29, 1.82) is 0 Å². The molecule has 0 bridgehead atoms. The number of aromatic nitrogens is 1. The topological polar surface area (TPSA) is 42.0 Å². The zero-order chi connectivity index (χ0) is 14.7. The minimum absolute atomic E-state index is 0.405. The van der Waals surface area contributed by atoms with Gasteiger partial charge < -0.3 is 5.32 Å². The molecule has 3 nitrogen and oxygen atoms in total. The van der Waals surface area contributed by atoms with Crippen molar-refractivity contribution in [3.63, 3.8) is 0 Å². The number of nitrogens with one attached hydrogen (secondary N) is 1. The van der Waals surface area contributed by atoms with E-state index in [0.717, 1.165) is 23.6 Å². The van der Waals surface area contributed by atoms with Gasteiger partial charge in [0.05, 0.1) is 16.7 Å². The molecular weight excluding hydrogens is 282 g/mol. The molecule has 0 spiro atoms. The maximum absolute atomic E-state index is 13.5. The fourth-order valence-electron chi connectivity index (χ4n) is 1.74. The summed E-state index contributed by atoms with van der Waals surface area (Å²) in [7, 11) is 0. The lowest BCUT2D eigenvalue weighted by molar-refractivity contribution is 0.0930. The highest BCUT2D eigenvalue weighted by molar-refractivity contribution is 7.09. The fraction of sp³-hybridized carbons (Fsp3) is 0.286. The van der Waals surface area contributed by atoms with Gasteiger partial charge in [-0.05, 0) is 25.5 Å². The quantitative estimate of drug-likeness (QED) is 0.938. The van der Waals surface area contributed by atoms with E-state index in [4.69, 9.17) is 0 Å². The summed E-state index contributed by atoms with van der Waals surface area (Å²) in [6, 6.07) is 2.93. The number of thiazole rings is 1. The first-order valence-corrected chi connectivity index (χ1v) is 7.10. The van der Waals surface area contributed by atoms with Crippen molar-refractivity contribution < 1.29 is 13.6 Å². The van der Waals surface area contributed by atoms with Crippen LogP contribution >= 0.6 is 11.3 Å². The Morgan fingerprint density at radius 2 is 2.05 bits per heavy atom. The molecule has 2 rings (SSSR count). The third-order valence-corrected chi connectivity index (χ3v) is 3.86. The van der Waals surface area contributed by atoms with Crippen LogP contribution in [0.4, 0.5) is 8.78 Å². The number of hydrogen-bond donors (Lipinski definition) is 1. The van der Waals surface area contributed by atoms with Crippen LogP contribution in [-0.2, 0) is 6.42 Å². The normalized spacial score (nSPS) is 12.2. The maximum atomic E-state index is 13.5. The smallest absolute Gasteiger partial charge is 0.257 e. The van der Waals surface area contributed by atoms with E-state index in [1.54, 1.807) is 6.92 Å². The van der Waals surface area contributed by atoms with Crippen LogP contribution in [0.2, 0.25) is 0 Å². The van der Waals surface area contributed by atoms with Crippen LogP contribution in [-0.4, -0.2) is 10.9 Å². The lowest BCUT2D eigenvalue weighted by Crippen LogP contribution is -2.28. The van der Waals surface area contributed by atoms with Crippen molar-refractivity contribution in [3.8, 4) is 0 Å². The summed E-state index contributed by atoms with van der Waals surface area (Å²) in [5, 5.41) is 5.35. The molecule has 0 aliphatic carbocycles. The molecule has 0 aliphatic heterocycles. The molecule has 1 aromatic heterocycles. The Labute approximate surface area is 119 Å². The van der Waals surface area contributed by atoms with Crippen molar-refractivity contribution in [3.05, 3.63) is 51.5 Å². The standard InChI is InChI=1S/C14H14F2N2OS/c1-3-12-18-11(7-20-12)8(2)17-14(19)13-9(15)5-4-6-10(13)16/h4-8H,3H2,1-2H3,(H,17,19). The molecular formula is C14H14F2N2OS. The maximum Gasteiger partial charge on any atom is 0.257 e. The molecule has 1 heterocycles. The number of rotatable bonds is 4. The van der Waals surface area contributed by atoms with Gasteiger partial charge in [-0.15, -0.1) is 11.3 Å². The highest BCUT2D eigenvalue weighted by Gasteiger charge is 2.20. The van der Waals surface area contributed by atoms with Crippen LogP contribution in [0, 0.1) is 11.6 Å². The zero-order valence-corrected chi connectivity index (χ0v) is 11.9. The number of benzene rings is 1. The summed E-state index contributed by atoms with van der Waals surface area (Å²) < 4.78 is 27.0. The molecule has 0 aliphatic rings. The van der Waals surface area contributed by atoms with Crippen LogP contribution in [0.25, 0.3) is 0 Å². The Morgan fingerprint density at radius 3 is 2.60 bits per heavy atom. The lowest BCUT2D eigenvalue weighted by atomic mass is 10.1. The van der Waals surface area contributed by atoms with Gasteiger partial charge in [-0.3, -0.25) is 4.79 Å². The van der Waals surface area contributed by atoms with Crippen LogP contribution < -0.4 is 5.32 Å². The molecule has 0 saturated carbocycles. The number of amides is 1. The van der Waals surface area contributed by atoms with E-state index in [-0.39, 0.29) is 0 Å². The number of hydrogen-bond acceptors (Lipinski definition) is 3. The molecule has 1 aromatic carbocycles. The van der Waals surface area contributed by atoms with Gasteiger partial charge >= 0.3 is 0 Å². The molecule has 106 valence electrons. The van der Waals surface area contributed by atoms with E-state index >= 15 is 0 Å². The molecule has 0 saturated heterocycles. The Balaban J connectivity index is 2.15. The third-order valence-electron chi connectivity index (χ3n) is 2.85. The monoisotopic (exact) mass is 296 g/mol. The first kappa shape index (κ1) is 14.6. The van der Waals surface area contributed by atoms with Gasteiger partial charge in [-0.2, -0.15) is 0 Å². The third kappa shape index (κ3) is 3.01. The average Bonchev–Trinajstić information content (AvgIpc) is 2.87. The van der Waals surface area contributed by atoms with E-state index in [9.17, 15) is 13.6 Å². The SMILES string of the molecule is CCc1nc(C(C)NC(=O)c2c(F)cccc2F)cs1. The van der Waals surface area contributed by atoms with Gasteiger partial charge in [-0.1, -0.05) is 13.0 Å². The van der Waals surface area contributed by atoms with E-state index in [1.165, 1.54) is 17.4 Å². The van der Waals surface area contributed by atoms with Gasteiger partial charge in [0.1, 0.15) is 17.2 Å². The highest BCUT2D eigenvalue weighted by Crippen LogP contribution is 2.18. The average molecular weight is 296 g/mol. The first-order valence-electron chi connectivity index (χ1n) is 6.22. The van der Waals surface area contributed by atoms with Crippen LogP contribution in [0.1, 0.15) is 40.9 Å². The molecule has 1 amide bonds. The molecule has 2 aromatic rings. The van der Waals surface area contributed by atoms with E-state index in [2.05, 4.69) is 10.3 Å². The molecule has 0 fully saturated rings. The van der Waals surface area contributed by atoms with Gasteiger partial charge in [0.2, 0.25) is 0 Å². The largest absolute Gasteiger partial charge is 0.344 e. The zero-order valence-electron chi connectivity index (χ0n) is 11.1. The summed E-state index contributed by atoms with van der Waals surface area (Å²) in [6.45, 7) is 3.71. The number of carbonyl (C=O) groups is 1. The van der Waals surface area contributed by atoms with Crippen LogP contribution in [0.15, 0.2) is 23.6 Å². The first-order chi connectivity index (χ1) is 9.52. The number of halogens is 2. The van der Waals surface area contributed by atoms with Crippen molar-refractivity contribution >= 4 is 17.2 Å². The van der Waals surface area contributed by atoms with E-state index < -0.39 is 29.1 Å². The van der Waals surface area contributed by atoms with Crippen LogP contribution in [0.3, 0.4) is 0 Å². The summed E-state index contributed by atoms with van der Waals surface area (Å²) >= 11 is 1.50. The summed E-state index contributed by atoms with van der Waals surface area (Å²) in [5.41, 5.74) is 0.127. The molecule has 1 unspecified atom stereocenters. The van der Waals surface area contributed by atoms with E-state index in [0.29, 0.717) is 5.69 Å². The fourth-order valence-corrected chi connectivity index (χ4v) is 2.58. The predicted molar refractivity (Wildman–Crippen MR) is 73.7 cm³/mol. The van der Waals surface area contributed by atoms with Crippen molar-refractivity contribution in [1.82, 2.24) is 10.3 Å². The second kappa shape index (κ2) is 6.09. The predicted octanol–water partition coefficient (Wildman–Crippen LogP) is 3.47. The Kier molecular flexibility index (Phi) is 4.44. The van der Waals surface area contributed by atoms with Crippen molar-refractivity contribution in [2.45, 2.75) is 26.3 Å². The number of nitrogens with zero attached hydrogens (tertiary/aromatic N) is 1. The van der Waals surface area contributed by atoms with Crippen LogP contribution in [0.5, 0.6) is 0 Å². The second-order valence-electron chi connectivity index (χ2n) is 4.31.